The van der Waals surface area contributed by atoms with Gasteiger partial charge in [-0.3, -0.25) is 0 Å². The Morgan fingerprint density at radius 2 is 0.719 bits per heavy atom. The molecule has 170 valence electrons. The van der Waals surface area contributed by atoms with E-state index in [-0.39, 0.29) is 0 Å². The fourth-order valence-electron chi connectivity index (χ4n) is 4.90. The SMILES string of the molecule is CN(C)Cc1cccc[c]1[Ge]([CH3])([c]1ccccc1CN(C)C)[c]1ccccc1CN(C)C. The second-order valence-corrected chi connectivity index (χ2v) is 17.9. The fourth-order valence-corrected chi connectivity index (χ4v) is 14.5. The van der Waals surface area contributed by atoms with E-state index in [9.17, 15) is 0 Å². The van der Waals surface area contributed by atoms with Gasteiger partial charge in [-0.05, 0) is 0 Å². The molecule has 0 saturated carbocycles. The van der Waals surface area contributed by atoms with Gasteiger partial charge in [0.25, 0.3) is 0 Å². The summed E-state index contributed by atoms with van der Waals surface area (Å²) in [5.41, 5.74) is 4.37. The van der Waals surface area contributed by atoms with E-state index in [4.69, 9.17) is 0 Å². The van der Waals surface area contributed by atoms with Gasteiger partial charge in [0.15, 0.2) is 0 Å². The van der Waals surface area contributed by atoms with Crippen molar-refractivity contribution in [3.05, 3.63) is 89.5 Å². The predicted octanol–water partition coefficient (Wildman–Crippen LogP) is 2.97. The molecule has 3 rings (SSSR count). The molecule has 3 nitrogen and oxygen atoms in total. The molecule has 0 radical (unpaired) electrons. The van der Waals surface area contributed by atoms with Crippen LogP contribution in [0.1, 0.15) is 16.7 Å². The molecular weight excluding hydrogens is 451 g/mol. The molecule has 0 fully saturated rings. The summed E-state index contributed by atoms with van der Waals surface area (Å²) >= 11 is -3.00. The Morgan fingerprint density at radius 3 is 0.969 bits per heavy atom. The van der Waals surface area contributed by atoms with Gasteiger partial charge >= 0.3 is 198 Å². The summed E-state index contributed by atoms with van der Waals surface area (Å²) in [6.07, 6.45) is 0. The molecule has 0 saturated heterocycles. The average Bonchev–Trinajstić information content (AvgIpc) is 2.73. The first-order chi connectivity index (χ1) is 15.2. The van der Waals surface area contributed by atoms with Crippen molar-refractivity contribution in [2.24, 2.45) is 0 Å². The second kappa shape index (κ2) is 10.8. The Morgan fingerprint density at radius 1 is 0.469 bits per heavy atom. The summed E-state index contributed by atoms with van der Waals surface area (Å²) < 4.78 is 4.70. The number of rotatable bonds is 9. The second-order valence-electron chi connectivity index (χ2n) is 9.81. The van der Waals surface area contributed by atoms with Crippen LogP contribution < -0.4 is 13.2 Å². The third-order valence-electron chi connectivity index (χ3n) is 6.13. The minimum absolute atomic E-state index is 0.961. The summed E-state index contributed by atoms with van der Waals surface area (Å²) in [7, 11) is 13.0. The van der Waals surface area contributed by atoms with Crippen molar-refractivity contribution in [3.8, 4) is 0 Å². The van der Waals surface area contributed by atoms with Crippen molar-refractivity contribution >= 4 is 26.5 Å². The van der Waals surface area contributed by atoms with Gasteiger partial charge in [0.05, 0.1) is 0 Å². The summed E-state index contributed by atoms with van der Waals surface area (Å²) in [6.45, 7) is 2.88. The van der Waals surface area contributed by atoms with E-state index in [1.54, 1.807) is 13.2 Å². The van der Waals surface area contributed by atoms with E-state index in [1.165, 1.54) is 16.7 Å². The zero-order valence-corrected chi connectivity index (χ0v) is 23.0. The predicted molar refractivity (Wildman–Crippen MR) is 142 cm³/mol. The van der Waals surface area contributed by atoms with Crippen molar-refractivity contribution < 1.29 is 0 Å². The van der Waals surface area contributed by atoms with Crippen LogP contribution in [0.25, 0.3) is 0 Å². The van der Waals surface area contributed by atoms with E-state index in [1.807, 2.05) is 0 Å². The summed E-state index contributed by atoms with van der Waals surface area (Å²) in [6, 6.07) is 27.6. The zero-order valence-electron chi connectivity index (χ0n) is 20.9. The van der Waals surface area contributed by atoms with E-state index in [2.05, 4.69) is 136 Å². The third-order valence-corrected chi connectivity index (χ3v) is 16.0. The van der Waals surface area contributed by atoms with Crippen molar-refractivity contribution in [2.45, 2.75) is 25.4 Å². The number of nitrogens with zero attached hydrogens (tertiary/aromatic N) is 3. The van der Waals surface area contributed by atoms with Crippen LogP contribution in [0.15, 0.2) is 72.8 Å². The molecule has 3 aromatic rings. The van der Waals surface area contributed by atoms with E-state index < -0.39 is 13.3 Å². The maximum atomic E-state index is 2.61. The molecule has 0 aliphatic carbocycles. The van der Waals surface area contributed by atoms with Crippen molar-refractivity contribution in [1.82, 2.24) is 14.7 Å². The zero-order chi connectivity index (χ0) is 23.3. The third kappa shape index (κ3) is 5.52. The molecule has 0 amide bonds. The summed E-state index contributed by atoms with van der Waals surface area (Å²) in [5, 5.41) is 0. The van der Waals surface area contributed by atoms with Gasteiger partial charge in [0.1, 0.15) is 0 Å². The van der Waals surface area contributed by atoms with Crippen LogP contribution >= 0.6 is 0 Å². The summed E-state index contributed by atoms with van der Waals surface area (Å²) in [4.78, 5) is 6.87. The molecule has 4 heteroatoms. The Hall–Kier alpha value is -1.92. The number of benzene rings is 3. The normalized spacial score (nSPS) is 12.2. The monoisotopic (exact) mass is 491 g/mol. The molecule has 0 spiro atoms. The first-order valence-electron chi connectivity index (χ1n) is 11.4. The molecule has 0 bridgehead atoms. The van der Waals surface area contributed by atoms with Gasteiger partial charge in [-0.1, -0.05) is 0 Å². The van der Waals surface area contributed by atoms with Gasteiger partial charge < -0.3 is 0 Å². The van der Waals surface area contributed by atoms with Crippen molar-refractivity contribution in [3.63, 3.8) is 0 Å². The molecule has 0 unspecified atom stereocenters. The minimum atomic E-state index is -3.00. The van der Waals surface area contributed by atoms with Crippen LogP contribution in [0.4, 0.5) is 0 Å². The standard InChI is InChI=1S/C28H39GeN3/c1-29(26-17-11-8-14-23(26)20-30(2)3,27-18-12-9-15-24(27)21-31(4)5)28-19-13-10-16-25(28)22-32(6)7/h8-19H,20-22H2,1-7H3. The van der Waals surface area contributed by atoms with Crippen LogP contribution in [-0.4, -0.2) is 70.3 Å². The Kier molecular flexibility index (Phi) is 8.34. The van der Waals surface area contributed by atoms with Gasteiger partial charge in [-0.25, -0.2) is 0 Å². The van der Waals surface area contributed by atoms with Crippen LogP contribution in [0.5, 0.6) is 0 Å². The number of hydrogen-bond donors (Lipinski definition) is 0. The van der Waals surface area contributed by atoms with Gasteiger partial charge in [0, 0.05) is 0 Å². The summed E-state index contributed by atoms with van der Waals surface area (Å²) in [5.74, 6) is 2.61. The van der Waals surface area contributed by atoms with Gasteiger partial charge in [-0.2, -0.15) is 0 Å². The molecule has 0 aromatic heterocycles. The van der Waals surface area contributed by atoms with E-state index >= 15 is 0 Å². The fraction of sp³-hybridized carbons (Fsp3) is 0.357. The molecule has 32 heavy (non-hydrogen) atoms. The molecule has 0 heterocycles. The average molecular weight is 490 g/mol. The van der Waals surface area contributed by atoms with E-state index in [0.717, 1.165) is 19.6 Å². The molecule has 3 aromatic carbocycles. The van der Waals surface area contributed by atoms with Crippen LogP contribution in [0.2, 0.25) is 5.76 Å². The Labute approximate surface area is 198 Å². The van der Waals surface area contributed by atoms with Gasteiger partial charge in [-0.15, -0.1) is 0 Å². The number of hydrogen-bond acceptors (Lipinski definition) is 3. The van der Waals surface area contributed by atoms with Crippen molar-refractivity contribution in [1.29, 1.82) is 0 Å². The molecule has 0 N–H and O–H groups in total. The first-order valence-corrected chi connectivity index (χ1v) is 16.7. The topological polar surface area (TPSA) is 9.72 Å². The van der Waals surface area contributed by atoms with Gasteiger partial charge in [0.2, 0.25) is 0 Å². The van der Waals surface area contributed by atoms with E-state index in [0.29, 0.717) is 0 Å². The first kappa shape index (κ1) is 24.7. The molecule has 0 atom stereocenters. The quantitative estimate of drug-likeness (QED) is 0.428. The Bertz CT molecular complexity index is 896. The van der Waals surface area contributed by atoms with Crippen LogP contribution in [-0.2, 0) is 19.6 Å². The van der Waals surface area contributed by atoms with Crippen LogP contribution in [0.3, 0.4) is 0 Å². The van der Waals surface area contributed by atoms with Crippen LogP contribution in [0, 0.1) is 0 Å². The Balaban J connectivity index is 2.36. The van der Waals surface area contributed by atoms with Crippen molar-refractivity contribution in [2.75, 3.05) is 42.3 Å². The molecule has 0 aliphatic rings. The molecule has 0 aliphatic heterocycles. The molecular formula is C28H39GeN3. The maximum absolute atomic E-state index is 3.00.